The number of sulfonamides is 1. The Kier molecular flexibility index (Phi) is 6.07. The normalized spacial score (nSPS) is 12.5. The second-order valence-electron chi connectivity index (χ2n) is 5.60. The van der Waals surface area contributed by atoms with Crippen LogP contribution in [0.5, 0.6) is 5.75 Å². The molecule has 0 fully saturated rings. The van der Waals surface area contributed by atoms with Crippen molar-refractivity contribution < 1.29 is 17.9 Å². The zero-order valence-corrected chi connectivity index (χ0v) is 16.3. The summed E-state index contributed by atoms with van der Waals surface area (Å²) in [5.74, 6) is 0.391. The van der Waals surface area contributed by atoms with Crippen molar-refractivity contribution in [3.05, 3.63) is 40.6 Å². The summed E-state index contributed by atoms with van der Waals surface area (Å²) in [7, 11) is -0.707. The number of thiophene rings is 1. The van der Waals surface area contributed by atoms with Crippen LogP contribution in [0, 0.1) is 0 Å². The average molecular weight is 383 g/mol. The first-order valence-electron chi connectivity index (χ1n) is 7.82. The number of rotatable bonds is 7. The molecule has 1 N–H and O–H groups in total. The Hall–Kier alpha value is -2.06. The second kappa shape index (κ2) is 7.88. The molecule has 1 amide bonds. The van der Waals surface area contributed by atoms with Crippen LogP contribution in [0.25, 0.3) is 0 Å². The molecule has 25 heavy (non-hydrogen) atoms. The topological polar surface area (TPSA) is 75.7 Å². The lowest BCUT2D eigenvalue weighted by atomic mass is 10.2. The van der Waals surface area contributed by atoms with Crippen molar-refractivity contribution in [2.24, 2.45) is 0 Å². The van der Waals surface area contributed by atoms with Gasteiger partial charge in [-0.3, -0.25) is 9.10 Å². The number of amides is 1. The third-order valence-corrected chi connectivity index (χ3v) is 6.72. The number of ether oxygens (including phenoxy) is 1. The fourth-order valence-electron chi connectivity index (χ4n) is 2.06. The molecule has 136 valence electrons. The van der Waals surface area contributed by atoms with Crippen molar-refractivity contribution >= 4 is 33.0 Å². The van der Waals surface area contributed by atoms with Crippen LogP contribution in [0.2, 0.25) is 0 Å². The first-order valence-corrected chi connectivity index (χ1v) is 10.1. The molecule has 2 aromatic rings. The van der Waals surface area contributed by atoms with Crippen molar-refractivity contribution in [1.29, 1.82) is 0 Å². The summed E-state index contributed by atoms with van der Waals surface area (Å²) in [5.41, 5.74) is 0.512. The number of benzene rings is 1. The Morgan fingerprint density at radius 2 is 1.96 bits per heavy atom. The lowest BCUT2D eigenvalue weighted by Crippen LogP contribution is -2.31. The van der Waals surface area contributed by atoms with Gasteiger partial charge in [0.25, 0.3) is 15.9 Å². The summed E-state index contributed by atoms with van der Waals surface area (Å²) >= 11 is 1.12. The van der Waals surface area contributed by atoms with E-state index in [-0.39, 0.29) is 16.8 Å². The van der Waals surface area contributed by atoms with Crippen molar-refractivity contribution in [2.45, 2.75) is 31.2 Å². The highest BCUT2D eigenvalue weighted by Crippen LogP contribution is 2.27. The molecule has 8 heteroatoms. The van der Waals surface area contributed by atoms with Gasteiger partial charge in [-0.25, -0.2) is 8.42 Å². The maximum Gasteiger partial charge on any atom is 0.264 e. The molecule has 0 aliphatic rings. The molecule has 0 aliphatic heterocycles. The molecule has 0 spiro atoms. The van der Waals surface area contributed by atoms with Gasteiger partial charge in [-0.1, -0.05) is 6.92 Å². The minimum Gasteiger partial charge on any atom is -0.497 e. The van der Waals surface area contributed by atoms with E-state index in [1.165, 1.54) is 22.8 Å². The van der Waals surface area contributed by atoms with E-state index in [0.717, 1.165) is 17.8 Å². The summed E-state index contributed by atoms with van der Waals surface area (Å²) in [4.78, 5) is 12.6. The summed E-state index contributed by atoms with van der Waals surface area (Å²) in [6.45, 7) is 3.87. The van der Waals surface area contributed by atoms with Gasteiger partial charge in [-0.15, -0.1) is 11.3 Å². The number of hydrogen-bond acceptors (Lipinski definition) is 5. The Morgan fingerprint density at radius 1 is 1.32 bits per heavy atom. The van der Waals surface area contributed by atoms with Gasteiger partial charge in [0.05, 0.1) is 22.6 Å². The molecule has 1 aromatic heterocycles. The molecule has 1 aromatic carbocycles. The van der Waals surface area contributed by atoms with Crippen LogP contribution in [0.1, 0.15) is 29.9 Å². The van der Waals surface area contributed by atoms with E-state index in [0.29, 0.717) is 16.3 Å². The first-order chi connectivity index (χ1) is 11.8. The highest BCUT2D eigenvalue weighted by Gasteiger charge is 2.24. The maximum absolute atomic E-state index is 12.8. The van der Waals surface area contributed by atoms with E-state index in [1.807, 2.05) is 13.8 Å². The summed E-state index contributed by atoms with van der Waals surface area (Å²) < 4.78 is 31.8. The SMILES string of the molecule is CC[C@H](C)NC(=O)c1cc(S(=O)(=O)N(C)c2ccc(OC)cc2)cs1. The van der Waals surface area contributed by atoms with Gasteiger partial charge in [0, 0.05) is 18.5 Å². The van der Waals surface area contributed by atoms with Crippen LogP contribution < -0.4 is 14.4 Å². The van der Waals surface area contributed by atoms with E-state index in [9.17, 15) is 13.2 Å². The molecule has 0 bridgehead atoms. The van der Waals surface area contributed by atoms with Gasteiger partial charge in [-0.2, -0.15) is 0 Å². The van der Waals surface area contributed by atoms with Crippen molar-refractivity contribution in [3.63, 3.8) is 0 Å². The highest BCUT2D eigenvalue weighted by atomic mass is 32.2. The Morgan fingerprint density at radius 3 is 2.52 bits per heavy atom. The number of nitrogens with zero attached hydrogens (tertiary/aromatic N) is 1. The predicted octanol–water partition coefficient (Wildman–Crippen LogP) is 3.11. The van der Waals surface area contributed by atoms with E-state index in [1.54, 1.807) is 31.4 Å². The molecule has 0 aliphatic carbocycles. The molecule has 1 heterocycles. The Balaban J connectivity index is 2.22. The number of nitrogens with one attached hydrogen (secondary N) is 1. The van der Waals surface area contributed by atoms with Crippen LogP contribution in [0.4, 0.5) is 5.69 Å². The standard InChI is InChI=1S/C17H22N2O4S2/c1-5-12(2)18-17(20)16-10-15(11-24-16)25(21,22)19(3)13-6-8-14(23-4)9-7-13/h6-12H,5H2,1-4H3,(H,18,20)/t12-/m0/s1. The van der Waals surface area contributed by atoms with Crippen LogP contribution in [0.3, 0.4) is 0 Å². The Labute approximate surface area is 152 Å². The van der Waals surface area contributed by atoms with E-state index >= 15 is 0 Å². The maximum atomic E-state index is 12.8. The second-order valence-corrected chi connectivity index (χ2v) is 8.48. The van der Waals surface area contributed by atoms with Gasteiger partial charge in [0.1, 0.15) is 5.75 Å². The number of carbonyl (C=O) groups is 1. The monoisotopic (exact) mass is 382 g/mol. The highest BCUT2D eigenvalue weighted by molar-refractivity contribution is 7.93. The number of anilines is 1. The minimum atomic E-state index is -3.74. The third kappa shape index (κ3) is 4.32. The van der Waals surface area contributed by atoms with Crippen LogP contribution in [0.15, 0.2) is 40.6 Å². The van der Waals surface area contributed by atoms with E-state index in [4.69, 9.17) is 4.74 Å². The van der Waals surface area contributed by atoms with Gasteiger partial charge in [0.2, 0.25) is 0 Å². The van der Waals surface area contributed by atoms with Crippen molar-refractivity contribution in [2.75, 3.05) is 18.5 Å². The number of carbonyl (C=O) groups excluding carboxylic acids is 1. The zero-order valence-electron chi connectivity index (χ0n) is 14.6. The zero-order chi connectivity index (χ0) is 18.6. The van der Waals surface area contributed by atoms with Crippen molar-refractivity contribution in [1.82, 2.24) is 5.32 Å². The fraction of sp³-hybridized carbons (Fsp3) is 0.353. The number of methoxy groups -OCH3 is 1. The lowest BCUT2D eigenvalue weighted by Gasteiger charge is -2.18. The molecule has 6 nitrogen and oxygen atoms in total. The van der Waals surface area contributed by atoms with E-state index in [2.05, 4.69) is 5.32 Å². The van der Waals surface area contributed by atoms with Crippen LogP contribution in [-0.2, 0) is 10.0 Å². The lowest BCUT2D eigenvalue weighted by molar-refractivity contribution is 0.0943. The predicted molar refractivity (Wildman–Crippen MR) is 100 cm³/mol. The molecule has 0 radical (unpaired) electrons. The molecule has 0 saturated heterocycles. The summed E-state index contributed by atoms with van der Waals surface area (Å²) in [5, 5.41) is 4.32. The van der Waals surface area contributed by atoms with Gasteiger partial charge in [0.15, 0.2) is 0 Å². The van der Waals surface area contributed by atoms with Gasteiger partial charge >= 0.3 is 0 Å². The van der Waals surface area contributed by atoms with Crippen LogP contribution in [-0.4, -0.2) is 34.5 Å². The van der Waals surface area contributed by atoms with E-state index < -0.39 is 10.0 Å². The molecular weight excluding hydrogens is 360 g/mol. The third-order valence-electron chi connectivity index (χ3n) is 3.88. The summed E-state index contributed by atoms with van der Waals surface area (Å²) in [6, 6.07) is 8.17. The molecule has 1 atom stereocenters. The average Bonchev–Trinajstić information content (AvgIpc) is 3.12. The quantitative estimate of drug-likeness (QED) is 0.798. The molecule has 0 unspecified atom stereocenters. The summed E-state index contributed by atoms with van der Waals surface area (Å²) in [6.07, 6.45) is 0.808. The molecule has 0 saturated carbocycles. The Bertz CT molecular complexity index is 829. The molecule has 2 rings (SSSR count). The number of hydrogen-bond donors (Lipinski definition) is 1. The minimum absolute atomic E-state index is 0.0385. The van der Waals surface area contributed by atoms with Gasteiger partial charge in [-0.05, 0) is 43.7 Å². The van der Waals surface area contributed by atoms with Gasteiger partial charge < -0.3 is 10.1 Å². The van der Waals surface area contributed by atoms with Crippen molar-refractivity contribution in [3.8, 4) is 5.75 Å². The van der Waals surface area contributed by atoms with Crippen LogP contribution >= 0.6 is 11.3 Å². The largest absolute Gasteiger partial charge is 0.497 e. The first kappa shape index (κ1) is 19.3. The molecular formula is C17H22N2O4S2. The fourth-order valence-corrected chi connectivity index (χ4v) is 4.42. The smallest absolute Gasteiger partial charge is 0.264 e.